The predicted octanol–water partition coefficient (Wildman–Crippen LogP) is 2.68. The third-order valence-electron chi connectivity index (χ3n) is 5.02. The summed E-state index contributed by atoms with van der Waals surface area (Å²) in [6.45, 7) is 1.48. The van der Waals surface area contributed by atoms with Crippen molar-refractivity contribution in [2.24, 2.45) is 0 Å². The van der Waals surface area contributed by atoms with Crippen LogP contribution in [0.25, 0.3) is 22.4 Å². The first-order chi connectivity index (χ1) is 14.4. The number of benzene rings is 2. The molecule has 1 atom stereocenters. The van der Waals surface area contributed by atoms with Gasteiger partial charge in [-0.3, -0.25) is 4.98 Å². The number of nitrogen functional groups attached to an aromatic ring is 1. The van der Waals surface area contributed by atoms with Gasteiger partial charge in [0.25, 0.3) is 0 Å². The van der Waals surface area contributed by atoms with Crippen LogP contribution in [0.15, 0.2) is 59.8 Å². The number of hydrogen-bond donors (Lipinski definition) is 3. The number of piperidine rings is 1. The molecule has 2 aromatic carbocycles. The minimum atomic E-state index is -3.77. The SMILES string of the molecule is Nc1cnc(-c2ccc(-c3ccccc3S(=O)(=O)N[C@H]3CCCNC3)cc2F)cn1.S. The highest BCUT2D eigenvalue weighted by molar-refractivity contribution is 7.89. The maximum atomic E-state index is 14.9. The van der Waals surface area contributed by atoms with E-state index in [1.165, 1.54) is 24.5 Å². The second-order valence-corrected chi connectivity index (χ2v) is 8.86. The smallest absolute Gasteiger partial charge is 0.241 e. The van der Waals surface area contributed by atoms with E-state index < -0.39 is 15.8 Å². The Balaban J connectivity index is 0.00000272. The van der Waals surface area contributed by atoms with E-state index in [0.29, 0.717) is 23.4 Å². The van der Waals surface area contributed by atoms with E-state index >= 15 is 0 Å². The third kappa shape index (κ3) is 5.21. The maximum absolute atomic E-state index is 14.9. The van der Waals surface area contributed by atoms with Crippen LogP contribution in [0, 0.1) is 5.82 Å². The lowest BCUT2D eigenvalue weighted by atomic mass is 10.0. The number of nitrogens with one attached hydrogen (secondary N) is 2. The number of hydrogen-bond acceptors (Lipinski definition) is 6. The van der Waals surface area contributed by atoms with Gasteiger partial charge in [0.2, 0.25) is 10.0 Å². The lowest BCUT2D eigenvalue weighted by Gasteiger charge is -2.24. The number of aromatic nitrogens is 2. The number of anilines is 1. The third-order valence-corrected chi connectivity index (χ3v) is 6.60. The van der Waals surface area contributed by atoms with Crippen LogP contribution in [0.2, 0.25) is 0 Å². The van der Waals surface area contributed by atoms with Gasteiger partial charge < -0.3 is 11.1 Å². The molecule has 0 amide bonds. The molecule has 164 valence electrons. The van der Waals surface area contributed by atoms with Gasteiger partial charge in [0.05, 0.1) is 23.0 Å². The first-order valence-electron chi connectivity index (χ1n) is 9.64. The topological polar surface area (TPSA) is 110 Å². The van der Waals surface area contributed by atoms with Crippen molar-refractivity contribution in [3.05, 3.63) is 60.7 Å². The number of sulfonamides is 1. The van der Waals surface area contributed by atoms with Crippen LogP contribution in [0.1, 0.15) is 12.8 Å². The fourth-order valence-corrected chi connectivity index (χ4v) is 5.04. The molecule has 3 aromatic rings. The molecule has 10 heteroatoms. The van der Waals surface area contributed by atoms with Crippen LogP contribution in [0.3, 0.4) is 0 Å². The minimum absolute atomic E-state index is 0. The van der Waals surface area contributed by atoms with E-state index in [2.05, 4.69) is 20.0 Å². The van der Waals surface area contributed by atoms with Crippen molar-refractivity contribution in [1.82, 2.24) is 20.0 Å². The zero-order valence-electron chi connectivity index (χ0n) is 16.7. The van der Waals surface area contributed by atoms with Crippen LogP contribution in [0.4, 0.5) is 10.2 Å². The summed E-state index contributed by atoms with van der Waals surface area (Å²) in [5.74, 6) is -0.279. The molecule has 31 heavy (non-hydrogen) atoms. The largest absolute Gasteiger partial charge is 0.382 e. The molecule has 0 unspecified atom stereocenters. The lowest BCUT2D eigenvalue weighted by molar-refractivity contribution is 0.429. The molecule has 0 saturated carbocycles. The Hall–Kier alpha value is -2.53. The number of nitrogens with two attached hydrogens (primary N) is 1. The molecule has 0 spiro atoms. The van der Waals surface area contributed by atoms with Gasteiger partial charge in [-0.25, -0.2) is 22.5 Å². The number of halogens is 1. The Morgan fingerprint density at radius 2 is 1.90 bits per heavy atom. The van der Waals surface area contributed by atoms with Gasteiger partial charge in [-0.15, -0.1) is 0 Å². The average molecular weight is 462 g/mol. The van der Waals surface area contributed by atoms with E-state index in [9.17, 15) is 12.8 Å². The van der Waals surface area contributed by atoms with Gasteiger partial charge >= 0.3 is 0 Å². The average Bonchev–Trinajstić information content (AvgIpc) is 2.75. The van der Waals surface area contributed by atoms with E-state index in [1.54, 1.807) is 30.3 Å². The molecule has 2 heterocycles. The highest BCUT2D eigenvalue weighted by Gasteiger charge is 2.24. The van der Waals surface area contributed by atoms with E-state index in [1.807, 2.05) is 0 Å². The van der Waals surface area contributed by atoms with Gasteiger partial charge in [-0.05, 0) is 43.1 Å². The zero-order chi connectivity index (χ0) is 21.1. The van der Waals surface area contributed by atoms with Gasteiger partial charge in [-0.2, -0.15) is 13.5 Å². The van der Waals surface area contributed by atoms with Crippen molar-refractivity contribution in [3.8, 4) is 22.4 Å². The van der Waals surface area contributed by atoms with Crippen molar-refractivity contribution in [1.29, 1.82) is 0 Å². The normalized spacial score (nSPS) is 16.5. The standard InChI is InChI=1S/C21H22FN5O2S.H2S/c22-18-10-14(7-8-17(18)19-12-26-21(23)13-25-19)16-5-1-2-6-20(16)30(28,29)27-15-4-3-9-24-11-15;/h1-2,5-8,10,12-13,15,24,27H,3-4,9,11H2,(H2,23,26);1H2/t15-;/m0./s1. The Morgan fingerprint density at radius 3 is 2.58 bits per heavy atom. The summed E-state index contributed by atoms with van der Waals surface area (Å²) in [6.07, 6.45) is 4.44. The Labute approximate surface area is 187 Å². The molecule has 1 aliphatic rings. The Morgan fingerprint density at radius 1 is 1.10 bits per heavy atom. The van der Waals surface area contributed by atoms with Crippen molar-refractivity contribution in [3.63, 3.8) is 0 Å². The monoisotopic (exact) mass is 461 g/mol. The summed E-state index contributed by atoms with van der Waals surface area (Å²) in [6, 6.07) is 11.0. The number of nitrogens with zero attached hydrogens (tertiary/aromatic N) is 2. The highest BCUT2D eigenvalue weighted by atomic mass is 32.2. The minimum Gasteiger partial charge on any atom is -0.382 e. The predicted molar refractivity (Wildman–Crippen MR) is 124 cm³/mol. The second-order valence-electron chi connectivity index (χ2n) is 7.18. The molecule has 0 bridgehead atoms. The highest BCUT2D eigenvalue weighted by Crippen LogP contribution is 2.31. The molecule has 7 nitrogen and oxygen atoms in total. The van der Waals surface area contributed by atoms with E-state index in [-0.39, 0.29) is 35.8 Å². The van der Waals surface area contributed by atoms with Gasteiger partial charge in [0, 0.05) is 23.7 Å². The molecule has 1 aliphatic heterocycles. The second kappa shape index (κ2) is 9.73. The fourth-order valence-electron chi connectivity index (χ4n) is 3.54. The molecule has 0 aliphatic carbocycles. The first kappa shape index (κ1) is 23.1. The van der Waals surface area contributed by atoms with Crippen molar-refractivity contribution >= 4 is 29.3 Å². The zero-order valence-corrected chi connectivity index (χ0v) is 18.5. The molecule has 1 saturated heterocycles. The van der Waals surface area contributed by atoms with Gasteiger partial charge in [0.15, 0.2) is 0 Å². The van der Waals surface area contributed by atoms with Crippen LogP contribution in [0.5, 0.6) is 0 Å². The fraction of sp³-hybridized carbons (Fsp3) is 0.238. The van der Waals surface area contributed by atoms with Crippen LogP contribution < -0.4 is 15.8 Å². The maximum Gasteiger partial charge on any atom is 0.241 e. The summed E-state index contributed by atoms with van der Waals surface area (Å²) in [7, 11) is -3.77. The Kier molecular flexibility index (Phi) is 7.26. The number of rotatable bonds is 5. The van der Waals surface area contributed by atoms with Gasteiger partial charge in [0.1, 0.15) is 11.6 Å². The molecule has 4 rings (SSSR count). The molecule has 0 radical (unpaired) electrons. The van der Waals surface area contributed by atoms with Crippen molar-refractivity contribution < 1.29 is 12.8 Å². The lowest BCUT2D eigenvalue weighted by Crippen LogP contribution is -2.45. The quantitative estimate of drug-likeness (QED) is 0.539. The molecule has 1 fully saturated rings. The Bertz CT molecular complexity index is 1150. The van der Waals surface area contributed by atoms with Gasteiger partial charge in [-0.1, -0.05) is 24.3 Å². The van der Waals surface area contributed by atoms with Crippen LogP contribution in [-0.2, 0) is 10.0 Å². The van der Waals surface area contributed by atoms with E-state index in [4.69, 9.17) is 5.73 Å². The summed E-state index contributed by atoms with van der Waals surface area (Å²) in [5, 5.41) is 3.19. The van der Waals surface area contributed by atoms with Crippen LogP contribution >= 0.6 is 13.5 Å². The van der Waals surface area contributed by atoms with Crippen molar-refractivity contribution in [2.45, 2.75) is 23.8 Å². The molecule has 4 N–H and O–H groups in total. The summed E-state index contributed by atoms with van der Waals surface area (Å²) in [5.41, 5.74) is 7.04. The van der Waals surface area contributed by atoms with E-state index in [0.717, 1.165) is 19.4 Å². The van der Waals surface area contributed by atoms with Crippen LogP contribution in [-0.4, -0.2) is 37.5 Å². The first-order valence-corrected chi connectivity index (χ1v) is 11.1. The molecule has 1 aromatic heterocycles. The van der Waals surface area contributed by atoms with Crippen molar-refractivity contribution in [2.75, 3.05) is 18.8 Å². The summed E-state index contributed by atoms with van der Waals surface area (Å²) in [4.78, 5) is 8.15. The molecular weight excluding hydrogens is 437 g/mol. The summed E-state index contributed by atoms with van der Waals surface area (Å²) < 4.78 is 43.7. The molecular formula is C21H24FN5O2S2. The summed E-state index contributed by atoms with van der Waals surface area (Å²) >= 11 is 0.